The van der Waals surface area contributed by atoms with Gasteiger partial charge in [0.15, 0.2) is 0 Å². The summed E-state index contributed by atoms with van der Waals surface area (Å²) in [6, 6.07) is 11.0. The minimum Gasteiger partial charge on any atom is -0.387 e. The Morgan fingerprint density at radius 2 is 2.16 bits per heavy atom. The third kappa shape index (κ3) is 4.88. The summed E-state index contributed by atoms with van der Waals surface area (Å²) < 4.78 is 0. The molecule has 0 fully saturated rings. The highest BCUT2D eigenvalue weighted by atomic mass is 32.2. The molecule has 0 aliphatic carbocycles. The van der Waals surface area contributed by atoms with Gasteiger partial charge in [-0.3, -0.25) is 9.78 Å². The van der Waals surface area contributed by atoms with Crippen molar-refractivity contribution in [1.82, 2.24) is 15.3 Å². The Labute approximate surface area is 154 Å². The van der Waals surface area contributed by atoms with Crippen LogP contribution in [0.15, 0.2) is 64.6 Å². The predicted molar refractivity (Wildman–Crippen MR) is 99.6 cm³/mol. The molecule has 0 bridgehead atoms. The average Bonchev–Trinajstić information content (AvgIpc) is 3.18. The molecular formula is C18H17N3O2S2. The highest BCUT2D eigenvalue weighted by Crippen LogP contribution is 2.26. The van der Waals surface area contributed by atoms with Crippen LogP contribution >= 0.6 is 23.1 Å². The number of carbonyl (C=O) groups is 1. The van der Waals surface area contributed by atoms with Gasteiger partial charge < -0.3 is 10.4 Å². The lowest BCUT2D eigenvalue weighted by Crippen LogP contribution is -2.28. The van der Waals surface area contributed by atoms with Crippen molar-refractivity contribution in [2.75, 3.05) is 6.54 Å². The number of aromatic nitrogens is 2. The molecule has 0 saturated carbocycles. The van der Waals surface area contributed by atoms with Crippen molar-refractivity contribution in [2.24, 2.45) is 0 Å². The Kier molecular flexibility index (Phi) is 6.16. The number of hydrogen-bond donors (Lipinski definition) is 2. The summed E-state index contributed by atoms with van der Waals surface area (Å²) in [6.07, 6.45) is 2.45. The molecule has 5 nitrogen and oxygen atoms in total. The van der Waals surface area contributed by atoms with Gasteiger partial charge in [-0.2, -0.15) is 0 Å². The van der Waals surface area contributed by atoms with E-state index in [-0.39, 0.29) is 12.5 Å². The molecule has 0 spiro atoms. The van der Waals surface area contributed by atoms with Crippen LogP contribution in [-0.4, -0.2) is 27.5 Å². The van der Waals surface area contributed by atoms with E-state index in [9.17, 15) is 9.90 Å². The molecule has 2 N–H and O–H groups in total. The van der Waals surface area contributed by atoms with Crippen LogP contribution in [0.4, 0.5) is 0 Å². The smallest absolute Gasteiger partial charge is 0.252 e. The molecule has 7 heteroatoms. The van der Waals surface area contributed by atoms with Crippen LogP contribution in [0, 0.1) is 0 Å². The topological polar surface area (TPSA) is 75.1 Å². The Hall–Kier alpha value is -2.22. The lowest BCUT2D eigenvalue weighted by Gasteiger charge is -2.13. The summed E-state index contributed by atoms with van der Waals surface area (Å²) in [5, 5.41) is 14.9. The molecule has 0 saturated heterocycles. The number of pyridine rings is 1. The SMILES string of the molecule is O=C(NC[C@H](O)c1cccnc1)c1ccccc1SCc1cscn1. The van der Waals surface area contributed by atoms with Crippen LogP contribution in [0.1, 0.15) is 27.7 Å². The summed E-state index contributed by atoms with van der Waals surface area (Å²) in [7, 11) is 0. The van der Waals surface area contributed by atoms with E-state index in [1.807, 2.05) is 23.6 Å². The van der Waals surface area contributed by atoms with Gasteiger partial charge in [0.2, 0.25) is 0 Å². The first-order valence-corrected chi connectivity index (χ1v) is 9.62. The first kappa shape index (κ1) is 17.6. The van der Waals surface area contributed by atoms with E-state index in [1.165, 1.54) is 0 Å². The summed E-state index contributed by atoms with van der Waals surface area (Å²) in [5.41, 5.74) is 4.07. The van der Waals surface area contributed by atoms with Gasteiger partial charge in [0, 0.05) is 40.5 Å². The number of rotatable bonds is 7. The lowest BCUT2D eigenvalue weighted by molar-refractivity contribution is 0.0913. The molecule has 0 aliphatic rings. The third-order valence-corrected chi connectivity index (χ3v) is 5.26. The Morgan fingerprint density at radius 1 is 1.28 bits per heavy atom. The molecule has 0 unspecified atom stereocenters. The number of nitrogens with zero attached hydrogens (tertiary/aromatic N) is 2. The zero-order valence-corrected chi connectivity index (χ0v) is 15.0. The normalized spacial score (nSPS) is 11.9. The number of aliphatic hydroxyl groups is 1. The lowest BCUT2D eigenvalue weighted by atomic mass is 10.1. The van der Waals surface area contributed by atoms with Gasteiger partial charge in [-0.15, -0.1) is 23.1 Å². The van der Waals surface area contributed by atoms with Gasteiger partial charge in [0.05, 0.1) is 22.9 Å². The number of carbonyl (C=O) groups excluding carboxylic acids is 1. The maximum Gasteiger partial charge on any atom is 0.252 e. The van der Waals surface area contributed by atoms with Crippen LogP contribution in [0.5, 0.6) is 0 Å². The molecule has 128 valence electrons. The minimum atomic E-state index is -0.785. The number of nitrogens with one attached hydrogen (secondary N) is 1. The average molecular weight is 371 g/mol. The molecule has 1 atom stereocenters. The van der Waals surface area contributed by atoms with E-state index in [0.29, 0.717) is 16.9 Å². The molecule has 3 rings (SSSR count). The van der Waals surface area contributed by atoms with Gasteiger partial charge in [0.25, 0.3) is 5.91 Å². The Balaban J connectivity index is 1.61. The molecule has 2 heterocycles. The van der Waals surface area contributed by atoms with E-state index >= 15 is 0 Å². The zero-order valence-electron chi connectivity index (χ0n) is 13.3. The second-order valence-electron chi connectivity index (χ2n) is 5.28. The van der Waals surface area contributed by atoms with E-state index in [2.05, 4.69) is 15.3 Å². The number of thiazole rings is 1. The van der Waals surface area contributed by atoms with Gasteiger partial charge in [-0.1, -0.05) is 18.2 Å². The number of amides is 1. The van der Waals surface area contributed by atoms with Crippen molar-refractivity contribution >= 4 is 29.0 Å². The van der Waals surface area contributed by atoms with Crippen LogP contribution in [0.25, 0.3) is 0 Å². The Morgan fingerprint density at radius 3 is 2.92 bits per heavy atom. The van der Waals surface area contributed by atoms with Crippen molar-refractivity contribution in [1.29, 1.82) is 0 Å². The number of thioether (sulfide) groups is 1. The molecule has 0 aliphatic heterocycles. The molecule has 3 aromatic rings. The minimum absolute atomic E-state index is 0.135. The van der Waals surface area contributed by atoms with E-state index in [0.717, 1.165) is 10.6 Å². The van der Waals surface area contributed by atoms with Gasteiger partial charge in [0.1, 0.15) is 0 Å². The van der Waals surface area contributed by atoms with Crippen LogP contribution < -0.4 is 5.32 Å². The largest absolute Gasteiger partial charge is 0.387 e. The van der Waals surface area contributed by atoms with Gasteiger partial charge in [-0.25, -0.2) is 4.98 Å². The molecule has 1 amide bonds. The molecule has 1 aromatic carbocycles. The monoisotopic (exact) mass is 371 g/mol. The van der Waals surface area contributed by atoms with Gasteiger partial charge >= 0.3 is 0 Å². The van der Waals surface area contributed by atoms with E-state index < -0.39 is 6.10 Å². The first-order valence-electron chi connectivity index (χ1n) is 7.69. The standard InChI is InChI=1S/C18H17N3O2S2/c22-16(13-4-3-7-19-8-13)9-20-18(23)15-5-1-2-6-17(15)25-11-14-10-24-12-21-14/h1-8,10,12,16,22H,9,11H2,(H,20,23)/t16-/m0/s1. The summed E-state index contributed by atoms with van der Waals surface area (Å²) >= 11 is 3.13. The van der Waals surface area contributed by atoms with Crippen molar-refractivity contribution in [3.8, 4) is 0 Å². The maximum atomic E-state index is 12.5. The second kappa shape index (κ2) is 8.75. The van der Waals surface area contributed by atoms with Crippen LogP contribution in [-0.2, 0) is 5.75 Å². The third-order valence-electron chi connectivity index (χ3n) is 3.52. The molecule has 0 radical (unpaired) electrons. The van der Waals surface area contributed by atoms with E-state index in [1.54, 1.807) is 59.2 Å². The van der Waals surface area contributed by atoms with Crippen molar-refractivity contribution in [2.45, 2.75) is 16.8 Å². The zero-order chi connectivity index (χ0) is 17.5. The number of aliphatic hydroxyl groups excluding tert-OH is 1. The highest BCUT2D eigenvalue weighted by Gasteiger charge is 2.14. The number of hydrogen-bond acceptors (Lipinski definition) is 6. The van der Waals surface area contributed by atoms with Crippen molar-refractivity contribution < 1.29 is 9.90 Å². The first-order chi connectivity index (χ1) is 12.2. The molecular weight excluding hydrogens is 354 g/mol. The predicted octanol–water partition coefficient (Wildman–Crippen LogP) is 3.29. The maximum absolute atomic E-state index is 12.5. The molecule has 2 aromatic heterocycles. The summed E-state index contributed by atoms with van der Waals surface area (Å²) in [6.45, 7) is 0.135. The second-order valence-corrected chi connectivity index (χ2v) is 7.01. The Bertz CT molecular complexity index is 810. The molecule has 25 heavy (non-hydrogen) atoms. The summed E-state index contributed by atoms with van der Waals surface area (Å²) in [4.78, 5) is 21.6. The number of benzene rings is 1. The fourth-order valence-corrected chi connectivity index (χ4v) is 3.83. The van der Waals surface area contributed by atoms with E-state index in [4.69, 9.17) is 0 Å². The van der Waals surface area contributed by atoms with Crippen molar-refractivity contribution in [3.05, 3.63) is 76.5 Å². The quantitative estimate of drug-likeness (QED) is 0.623. The van der Waals surface area contributed by atoms with Crippen LogP contribution in [0.2, 0.25) is 0 Å². The van der Waals surface area contributed by atoms with Crippen molar-refractivity contribution in [3.63, 3.8) is 0 Å². The summed E-state index contributed by atoms with van der Waals surface area (Å²) in [5.74, 6) is 0.510. The highest BCUT2D eigenvalue weighted by molar-refractivity contribution is 7.98. The van der Waals surface area contributed by atoms with Crippen LogP contribution in [0.3, 0.4) is 0 Å². The fraction of sp³-hybridized carbons (Fsp3) is 0.167. The van der Waals surface area contributed by atoms with Gasteiger partial charge in [-0.05, 0) is 18.2 Å². The fourth-order valence-electron chi connectivity index (χ4n) is 2.22.